The van der Waals surface area contributed by atoms with E-state index in [2.05, 4.69) is 95.3 Å². The molecule has 178 valence electrons. The fraction of sp³-hybridized carbons (Fsp3) is 0.538. The number of unbranched alkanes of at least 4 members (excludes halogenated alkanes) is 1. The van der Waals surface area contributed by atoms with Gasteiger partial charge in [0.15, 0.2) is 0 Å². The summed E-state index contributed by atoms with van der Waals surface area (Å²) in [5, 5.41) is 11.8. The maximum absolute atomic E-state index is 9.12. The molecule has 0 aromatic heterocycles. The third-order valence-electron chi connectivity index (χ3n) is 5.55. The minimum Gasteiger partial charge on any atom is -0.407 e. The fourth-order valence-corrected chi connectivity index (χ4v) is 10.8. The molecule has 0 fully saturated rings. The van der Waals surface area contributed by atoms with Crippen molar-refractivity contribution in [3.8, 4) is 0 Å². The Labute approximate surface area is 204 Å². The van der Waals surface area contributed by atoms with Crippen molar-refractivity contribution in [2.24, 2.45) is 0 Å². The molecule has 0 aliphatic heterocycles. The molecular formula is C26H40O3S2Si. The second-order valence-electron chi connectivity index (χ2n) is 9.68. The van der Waals surface area contributed by atoms with Crippen molar-refractivity contribution in [2.45, 2.75) is 63.7 Å². The standard InChI is InChI=1S/C26H40O3S2Si/c1-25(2,3)32(23-14-8-6-9-15-23,24-16-10-7-11-17-24)29-21-13-12-20-28-22-30-31-26(4,5)18-19-27/h6-11,14-17,27H,12-13,18-22H2,1-5H3. The molecule has 2 rings (SSSR count). The van der Waals surface area contributed by atoms with Gasteiger partial charge in [-0.2, -0.15) is 0 Å². The number of aliphatic hydroxyl groups excluding tert-OH is 1. The second kappa shape index (κ2) is 13.2. The smallest absolute Gasteiger partial charge is 0.261 e. The van der Waals surface area contributed by atoms with Crippen LogP contribution >= 0.6 is 21.6 Å². The van der Waals surface area contributed by atoms with Crippen LogP contribution in [0.3, 0.4) is 0 Å². The van der Waals surface area contributed by atoms with E-state index in [4.69, 9.17) is 14.3 Å². The summed E-state index contributed by atoms with van der Waals surface area (Å²) in [7, 11) is 1.08. The van der Waals surface area contributed by atoms with E-state index < -0.39 is 8.32 Å². The first-order valence-electron chi connectivity index (χ1n) is 11.5. The van der Waals surface area contributed by atoms with E-state index in [1.807, 2.05) is 0 Å². The normalized spacial score (nSPS) is 12.8. The van der Waals surface area contributed by atoms with Crippen molar-refractivity contribution >= 4 is 40.3 Å². The van der Waals surface area contributed by atoms with Gasteiger partial charge in [0.2, 0.25) is 0 Å². The number of benzene rings is 2. The zero-order valence-corrected chi connectivity index (χ0v) is 22.9. The second-order valence-corrected chi connectivity index (χ2v) is 16.9. The third kappa shape index (κ3) is 7.92. The largest absolute Gasteiger partial charge is 0.407 e. The van der Waals surface area contributed by atoms with Gasteiger partial charge in [-0.25, -0.2) is 0 Å². The van der Waals surface area contributed by atoms with Gasteiger partial charge in [-0.3, -0.25) is 0 Å². The lowest BCUT2D eigenvalue weighted by molar-refractivity contribution is 0.170. The molecule has 1 N–H and O–H groups in total. The van der Waals surface area contributed by atoms with Gasteiger partial charge in [-0.1, -0.05) is 103 Å². The van der Waals surface area contributed by atoms with Gasteiger partial charge in [0.25, 0.3) is 8.32 Å². The van der Waals surface area contributed by atoms with Crippen molar-refractivity contribution in [3.05, 3.63) is 60.7 Å². The zero-order valence-electron chi connectivity index (χ0n) is 20.3. The van der Waals surface area contributed by atoms with Gasteiger partial charge >= 0.3 is 0 Å². The molecule has 0 amide bonds. The summed E-state index contributed by atoms with van der Waals surface area (Å²) in [6.45, 7) is 13.0. The summed E-state index contributed by atoms with van der Waals surface area (Å²) in [6, 6.07) is 21.6. The highest BCUT2D eigenvalue weighted by atomic mass is 33.1. The van der Waals surface area contributed by atoms with E-state index in [9.17, 15) is 0 Å². The van der Waals surface area contributed by atoms with E-state index in [1.54, 1.807) is 21.6 Å². The van der Waals surface area contributed by atoms with Crippen LogP contribution in [0.1, 0.15) is 53.9 Å². The van der Waals surface area contributed by atoms with Gasteiger partial charge in [0.1, 0.15) is 5.94 Å². The average molecular weight is 493 g/mol. The molecule has 32 heavy (non-hydrogen) atoms. The molecule has 0 aliphatic rings. The Balaban J connectivity index is 1.91. The lowest BCUT2D eigenvalue weighted by atomic mass is 10.1. The highest BCUT2D eigenvalue weighted by molar-refractivity contribution is 8.77. The van der Waals surface area contributed by atoms with Crippen molar-refractivity contribution < 1.29 is 14.3 Å². The first-order chi connectivity index (χ1) is 15.2. The topological polar surface area (TPSA) is 38.7 Å². The Bertz CT molecular complexity index is 724. The van der Waals surface area contributed by atoms with Crippen LogP contribution in [-0.4, -0.2) is 43.9 Å². The van der Waals surface area contributed by atoms with Crippen LogP contribution in [-0.2, 0) is 9.16 Å². The number of aliphatic hydroxyl groups is 1. The molecule has 6 heteroatoms. The fourth-order valence-electron chi connectivity index (χ4n) is 3.88. The average Bonchev–Trinajstić information content (AvgIpc) is 2.75. The number of rotatable bonds is 14. The summed E-state index contributed by atoms with van der Waals surface area (Å²) in [4.78, 5) is 0. The minimum absolute atomic E-state index is 0.0153. The number of ether oxygens (including phenoxy) is 1. The van der Waals surface area contributed by atoms with Crippen LogP contribution in [0.5, 0.6) is 0 Å². The SMILES string of the molecule is CC(C)(CCO)SSCOCCCCO[Si](c1ccccc1)(c1ccccc1)C(C)(C)C. The first-order valence-corrected chi connectivity index (χ1v) is 15.7. The van der Waals surface area contributed by atoms with E-state index in [1.165, 1.54) is 10.4 Å². The van der Waals surface area contributed by atoms with E-state index in [-0.39, 0.29) is 16.4 Å². The van der Waals surface area contributed by atoms with Gasteiger partial charge in [-0.05, 0) is 48.5 Å². The summed E-state index contributed by atoms with van der Waals surface area (Å²) in [6.07, 6.45) is 2.77. The maximum atomic E-state index is 9.12. The monoisotopic (exact) mass is 492 g/mol. The molecule has 2 aromatic carbocycles. The van der Waals surface area contributed by atoms with E-state index in [0.717, 1.165) is 32.5 Å². The van der Waals surface area contributed by atoms with Gasteiger partial charge < -0.3 is 14.3 Å². The molecule has 0 unspecified atom stereocenters. The predicted molar refractivity (Wildman–Crippen MR) is 145 cm³/mol. The third-order valence-corrected chi connectivity index (χ3v) is 13.6. The van der Waals surface area contributed by atoms with Gasteiger partial charge in [0.05, 0.1) is 0 Å². The molecule has 2 aromatic rings. The summed E-state index contributed by atoms with van der Waals surface area (Å²) in [5.74, 6) is 0.676. The minimum atomic E-state index is -2.43. The highest BCUT2D eigenvalue weighted by Gasteiger charge is 2.49. The summed E-state index contributed by atoms with van der Waals surface area (Å²) < 4.78 is 12.8. The molecule has 0 spiro atoms. The molecule has 0 atom stereocenters. The molecule has 0 saturated carbocycles. The van der Waals surface area contributed by atoms with Crippen LogP contribution in [0.2, 0.25) is 5.04 Å². The highest BCUT2D eigenvalue weighted by Crippen LogP contribution is 2.38. The molecule has 0 radical (unpaired) electrons. The van der Waals surface area contributed by atoms with E-state index >= 15 is 0 Å². The number of hydrogen-bond donors (Lipinski definition) is 1. The van der Waals surface area contributed by atoms with Crippen molar-refractivity contribution in [1.82, 2.24) is 0 Å². The number of hydrogen-bond acceptors (Lipinski definition) is 5. The zero-order chi connectivity index (χ0) is 23.5. The van der Waals surface area contributed by atoms with E-state index in [0.29, 0.717) is 5.94 Å². The Hall–Kier alpha value is -0.763. The molecule has 0 heterocycles. The van der Waals surface area contributed by atoms with Gasteiger partial charge in [-0.15, -0.1) is 0 Å². The summed E-state index contributed by atoms with van der Waals surface area (Å²) >= 11 is 0. The molecule has 0 saturated heterocycles. The Morgan fingerprint density at radius 2 is 1.34 bits per heavy atom. The Morgan fingerprint density at radius 3 is 1.84 bits per heavy atom. The van der Waals surface area contributed by atoms with Gasteiger partial charge in [0, 0.05) is 24.6 Å². The van der Waals surface area contributed by atoms with Crippen LogP contribution in [0.15, 0.2) is 60.7 Å². The Kier molecular flexibility index (Phi) is 11.3. The van der Waals surface area contributed by atoms with Crippen LogP contribution in [0, 0.1) is 0 Å². The lowest BCUT2D eigenvalue weighted by Crippen LogP contribution is -2.66. The van der Waals surface area contributed by atoms with Crippen molar-refractivity contribution in [3.63, 3.8) is 0 Å². The Morgan fingerprint density at radius 1 is 0.812 bits per heavy atom. The first kappa shape index (κ1) is 27.5. The van der Waals surface area contributed by atoms with Crippen LogP contribution in [0.4, 0.5) is 0 Å². The van der Waals surface area contributed by atoms with Crippen LogP contribution in [0.25, 0.3) is 0 Å². The van der Waals surface area contributed by atoms with Crippen molar-refractivity contribution in [1.29, 1.82) is 0 Å². The predicted octanol–water partition coefficient (Wildman–Crippen LogP) is 5.86. The lowest BCUT2D eigenvalue weighted by Gasteiger charge is -2.43. The van der Waals surface area contributed by atoms with Crippen LogP contribution < -0.4 is 10.4 Å². The molecule has 0 aliphatic carbocycles. The maximum Gasteiger partial charge on any atom is 0.261 e. The van der Waals surface area contributed by atoms with Crippen molar-refractivity contribution in [2.75, 3.05) is 25.8 Å². The molecule has 3 nitrogen and oxygen atoms in total. The molecule has 0 bridgehead atoms. The molecular weight excluding hydrogens is 453 g/mol. The summed E-state index contributed by atoms with van der Waals surface area (Å²) in [5.41, 5.74) is 0. The quantitative estimate of drug-likeness (QED) is 0.155.